The molecule has 0 spiro atoms. The molecule has 3 rings (SSSR count). The molecule has 0 unspecified atom stereocenters. The Morgan fingerprint density at radius 3 is 2.59 bits per heavy atom. The Morgan fingerprint density at radius 2 is 1.82 bits per heavy atom. The summed E-state index contributed by atoms with van der Waals surface area (Å²) in [5.74, 6) is -0.176. The van der Waals surface area contributed by atoms with Crippen molar-refractivity contribution >= 4 is 16.8 Å². The number of nitrogens with one attached hydrogen (secondary N) is 2. The van der Waals surface area contributed by atoms with Crippen molar-refractivity contribution in [2.24, 2.45) is 0 Å². The van der Waals surface area contributed by atoms with Crippen molar-refractivity contribution in [2.75, 3.05) is 6.54 Å². The molecule has 3 aromatic rings. The van der Waals surface area contributed by atoms with E-state index in [0.717, 1.165) is 28.5 Å². The van der Waals surface area contributed by atoms with Crippen LogP contribution in [0, 0.1) is 0 Å². The van der Waals surface area contributed by atoms with Gasteiger partial charge in [-0.05, 0) is 23.6 Å². The number of nitrogens with zero attached hydrogens (tertiary/aromatic N) is 1. The van der Waals surface area contributed by atoms with Gasteiger partial charge in [-0.25, -0.2) is 0 Å². The molecule has 0 atom stereocenters. The molecule has 1 heterocycles. The van der Waals surface area contributed by atoms with E-state index in [0.29, 0.717) is 12.2 Å². The maximum atomic E-state index is 12.2. The highest BCUT2D eigenvalue weighted by Crippen LogP contribution is 2.14. The number of aliphatic hydroxyl groups is 1. The van der Waals surface area contributed by atoms with Crippen molar-refractivity contribution in [3.8, 4) is 0 Å². The minimum absolute atomic E-state index is 0.0449. The predicted octanol–water partition coefficient (Wildman–Crippen LogP) is 2.03. The zero-order valence-corrected chi connectivity index (χ0v) is 12.0. The third-order valence-electron chi connectivity index (χ3n) is 3.59. The largest absolute Gasteiger partial charge is 0.392 e. The van der Waals surface area contributed by atoms with Gasteiger partial charge in [-0.3, -0.25) is 9.89 Å². The Morgan fingerprint density at radius 1 is 1.09 bits per heavy atom. The predicted molar refractivity (Wildman–Crippen MR) is 84.5 cm³/mol. The van der Waals surface area contributed by atoms with E-state index in [1.54, 1.807) is 0 Å². The number of carbonyl (C=O) groups excluding carboxylic acids is 1. The van der Waals surface area contributed by atoms with Crippen LogP contribution >= 0.6 is 0 Å². The number of H-pyrrole nitrogens is 1. The van der Waals surface area contributed by atoms with Crippen molar-refractivity contribution in [3.05, 3.63) is 65.4 Å². The number of aliphatic hydroxyl groups excluding tert-OH is 1. The maximum absolute atomic E-state index is 12.2. The number of hydrogen-bond acceptors (Lipinski definition) is 3. The van der Waals surface area contributed by atoms with Crippen molar-refractivity contribution < 1.29 is 9.90 Å². The summed E-state index contributed by atoms with van der Waals surface area (Å²) in [6, 6.07) is 15.2. The van der Waals surface area contributed by atoms with Gasteiger partial charge in [0.15, 0.2) is 5.69 Å². The molecule has 3 N–H and O–H groups in total. The first-order valence-corrected chi connectivity index (χ1v) is 7.18. The van der Waals surface area contributed by atoms with Gasteiger partial charge in [0.25, 0.3) is 5.91 Å². The van der Waals surface area contributed by atoms with Crippen LogP contribution in [-0.4, -0.2) is 27.8 Å². The Kier molecular flexibility index (Phi) is 4.16. The first kappa shape index (κ1) is 14.3. The lowest BCUT2D eigenvalue weighted by atomic mass is 10.1. The summed E-state index contributed by atoms with van der Waals surface area (Å²) < 4.78 is 0. The molecular weight excluding hydrogens is 278 g/mol. The van der Waals surface area contributed by atoms with Crippen molar-refractivity contribution in [3.63, 3.8) is 0 Å². The number of carbonyl (C=O) groups is 1. The van der Waals surface area contributed by atoms with Gasteiger partial charge >= 0.3 is 0 Å². The van der Waals surface area contributed by atoms with Gasteiger partial charge in [0.2, 0.25) is 0 Å². The van der Waals surface area contributed by atoms with Gasteiger partial charge in [-0.2, -0.15) is 5.10 Å². The first-order valence-electron chi connectivity index (χ1n) is 7.18. The van der Waals surface area contributed by atoms with Gasteiger partial charge in [0.1, 0.15) is 0 Å². The number of hydrogen-bond donors (Lipinski definition) is 3. The zero-order chi connectivity index (χ0) is 15.4. The van der Waals surface area contributed by atoms with Gasteiger partial charge in [0.05, 0.1) is 12.1 Å². The molecule has 1 aromatic heterocycles. The summed E-state index contributed by atoms with van der Waals surface area (Å²) in [5, 5.41) is 19.6. The monoisotopic (exact) mass is 295 g/mol. The number of rotatable bonds is 5. The average Bonchev–Trinajstić information content (AvgIpc) is 2.99. The van der Waals surface area contributed by atoms with Crippen molar-refractivity contribution in [1.29, 1.82) is 0 Å². The Hall–Kier alpha value is -2.66. The van der Waals surface area contributed by atoms with Crippen LogP contribution in [0.15, 0.2) is 48.5 Å². The normalized spacial score (nSPS) is 10.8. The molecule has 5 nitrogen and oxygen atoms in total. The second kappa shape index (κ2) is 6.41. The zero-order valence-electron chi connectivity index (χ0n) is 12.0. The maximum Gasteiger partial charge on any atom is 0.272 e. The summed E-state index contributed by atoms with van der Waals surface area (Å²) in [7, 11) is 0. The molecule has 0 aliphatic carbocycles. The second-order valence-electron chi connectivity index (χ2n) is 5.10. The third kappa shape index (κ3) is 2.99. The number of aromatic amines is 1. The Bertz CT molecular complexity index is 778. The number of amides is 1. The highest BCUT2D eigenvalue weighted by Gasteiger charge is 2.12. The van der Waals surface area contributed by atoms with Crippen LogP contribution in [0.1, 0.15) is 21.6 Å². The van der Waals surface area contributed by atoms with Crippen LogP contribution in [0.25, 0.3) is 10.9 Å². The molecule has 5 heteroatoms. The average molecular weight is 295 g/mol. The van der Waals surface area contributed by atoms with Gasteiger partial charge in [-0.1, -0.05) is 42.5 Å². The molecule has 0 aliphatic heterocycles. The SMILES string of the molecule is O=C(NCCc1ccc(CO)cc1)c1n[nH]c2ccccc12. The molecule has 112 valence electrons. The van der Waals surface area contributed by atoms with E-state index in [-0.39, 0.29) is 12.5 Å². The molecular formula is C17H17N3O2. The van der Waals surface area contributed by atoms with E-state index in [9.17, 15) is 4.79 Å². The minimum Gasteiger partial charge on any atom is -0.392 e. The van der Waals surface area contributed by atoms with Gasteiger partial charge < -0.3 is 10.4 Å². The molecule has 0 radical (unpaired) electrons. The Labute approximate surface area is 128 Å². The van der Waals surface area contributed by atoms with E-state index in [1.807, 2.05) is 48.5 Å². The summed E-state index contributed by atoms with van der Waals surface area (Å²) in [6.45, 7) is 0.585. The Balaban J connectivity index is 1.60. The van der Waals surface area contributed by atoms with Crippen molar-refractivity contribution in [2.45, 2.75) is 13.0 Å². The highest BCUT2D eigenvalue weighted by atomic mass is 16.3. The fraction of sp³-hybridized carbons (Fsp3) is 0.176. The van der Waals surface area contributed by atoms with Gasteiger partial charge in [-0.15, -0.1) is 0 Å². The smallest absolute Gasteiger partial charge is 0.272 e. The summed E-state index contributed by atoms with van der Waals surface area (Å²) >= 11 is 0. The number of fused-ring (bicyclic) bond motifs is 1. The van der Waals surface area contributed by atoms with Gasteiger partial charge in [0, 0.05) is 11.9 Å². The quantitative estimate of drug-likeness (QED) is 0.674. The molecule has 22 heavy (non-hydrogen) atoms. The number of aromatic nitrogens is 2. The topological polar surface area (TPSA) is 78.0 Å². The first-order chi connectivity index (χ1) is 10.8. The third-order valence-corrected chi connectivity index (χ3v) is 3.59. The van der Waals surface area contributed by atoms with Crippen LogP contribution < -0.4 is 5.32 Å². The molecule has 1 amide bonds. The fourth-order valence-electron chi connectivity index (χ4n) is 2.35. The molecule has 2 aromatic carbocycles. The molecule has 0 saturated carbocycles. The van der Waals surface area contributed by atoms with Crippen LogP contribution in [0.2, 0.25) is 0 Å². The molecule has 0 fully saturated rings. The van der Waals surface area contributed by atoms with Crippen LogP contribution in [0.4, 0.5) is 0 Å². The number of benzene rings is 2. The van der Waals surface area contributed by atoms with E-state index in [4.69, 9.17) is 5.11 Å². The highest BCUT2D eigenvalue weighted by molar-refractivity contribution is 6.04. The lowest BCUT2D eigenvalue weighted by molar-refractivity contribution is 0.0950. The minimum atomic E-state index is -0.176. The van der Waals surface area contributed by atoms with Crippen molar-refractivity contribution in [1.82, 2.24) is 15.5 Å². The lowest BCUT2D eigenvalue weighted by Gasteiger charge is -2.05. The van der Waals surface area contributed by atoms with Crippen LogP contribution in [0.5, 0.6) is 0 Å². The summed E-state index contributed by atoms with van der Waals surface area (Å²) in [5.41, 5.74) is 3.28. The number of para-hydroxylation sites is 1. The summed E-state index contributed by atoms with van der Waals surface area (Å²) in [6.07, 6.45) is 0.736. The molecule has 0 bridgehead atoms. The lowest BCUT2D eigenvalue weighted by Crippen LogP contribution is -2.26. The van der Waals surface area contributed by atoms with E-state index in [1.165, 1.54) is 0 Å². The standard InChI is InChI=1S/C17H17N3O2/c21-11-13-7-5-12(6-8-13)9-10-18-17(22)16-14-3-1-2-4-15(14)19-20-16/h1-8,21H,9-11H2,(H,18,22)(H,19,20). The van der Waals surface area contributed by atoms with Crippen LogP contribution in [-0.2, 0) is 13.0 Å². The fourth-order valence-corrected chi connectivity index (χ4v) is 2.35. The van der Waals surface area contributed by atoms with E-state index in [2.05, 4.69) is 15.5 Å². The van der Waals surface area contributed by atoms with E-state index < -0.39 is 0 Å². The van der Waals surface area contributed by atoms with E-state index >= 15 is 0 Å². The summed E-state index contributed by atoms with van der Waals surface area (Å²) in [4.78, 5) is 12.2. The molecule has 0 saturated heterocycles. The van der Waals surface area contributed by atoms with Crippen LogP contribution in [0.3, 0.4) is 0 Å². The molecule has 0 aliphatic rings. The second-order valence-corrected chi connectivity index (χ2v) is 5.10.